The molecule has 1 aliphatic rings. The molecule has 6 heteroatoms. The standard InChI is InChI=1S/C11H22N2O4/c1-16-5-2-3-10(12)11(15)13-4-6-17-8-9(13)7-14/h9-10,14H,2-8,12H2,1H3. The van der Waals surface area contributed by atoms with Crippen molar-refractivity contribution < 1.29 is 19.4 Å². The molecule has 0 aliphatic carbocycles. The molecule has 1 fully saturated rings. The van der Waals surface area contributed by atoms with E-state index in [4.69, 9.17) is 15.2 Å². The lowest BCUT2D eigenvalue weighted by Crippen LogP contribution is -2.55. The Morgan fingerprint density at radius 2 is 2.47 bits per heavy atom. The molecule has 1 amide bonds. The summed E-state index contributed by atoms with van der Waals surface area (Å²) in [4.78, 5) is 13.7. The van der Waals surface area contributed by atoms with E-state index in [1.54, 1.807) is 12.0 Å². The second kappa shape index (κ2) is 7.60. The fraction of sp³-hybridized carbons (Fsp3) is 0.909. The Balaban J connectivity index is 2.43. The van der Waals surface area contributed by atoms with Crippen LogP contribution in [0, 0.1) is 0 Å². The SMILES string of the molecule is COCCCC(N)C(=O)N1CCOCC1CO. The molecule has 3 N–H and O–H groups in total. The first-order valence-electron chi connectivity index (χ1n) is 5.94. The Bertz CT molecular complexity index is 238. The highest BCUT2D eigenvalue weighted by Gasteiger charge is 2.29. The molecule has 1 heterocycles. The summed E-state index contributed by atoms with van der Waals surface area (Å²) < 4.78 is 10.1. The number of carbonyl (C=O) groups is 1. The lowest BCUT2D eigenvalue weighted by atomic mass is 10.1. The third-order valence-corrected chi connectivity index (χ3v) is 2.90. The van der Waals surface area contributed by atoms with Gasteiger partial charge in [0, 0.05) is 20.3 Å². The van der Waals surface area contributed by atoms with Gasteiger partial charge in [0.2, 0.25) is 5.91 Å². The predicted molar refractivity (Wildman–Crippen MR) is 62.5 cm³/mol. The summed E-state index contributed by atoms with van der Waals surface area (Å²) in [6.07, 6.45) is 1.36. The van der Waals surface area contributed by atoms with Crippen molar-refractivity contribution in [3.8, 4) is 0 Å². The Morgan fingerprint density at radius 3 is 3.12 bits per heavy atom. The molecule has 0 radical (unpaired) electrons. The minimum atomic E-state index is -0.516. The van der Waals surface area contributed by atoms with Crippen LogP contribution in [-0.2, 0) is 14.3 Å². The zero-order chi connectivity index (χ0) is 12.7. The van der Waals surface area contributed by atoms with Gasteiger partial charge >= 0.3 is 0 Å². The Labute approximate surface area is 102 Å². The number of hydrogen-bond donors (Lipinski definition) is 2. The smallest absolute Gasteiger partial charge is 0.239 e. The molecule has 1 aliphatic heterocycles. The van der Waals surface area contributed by atoms with Crippen LogP contribution < -0.4 is 5.73 Å². The first kappa shape index (κ1) is 14.4. The number of rotatable bonds is 6. The largest absolute Gasteiger partial charge is 0.394 e. The minimum absolute atomic E-state index is 0.0868. The monoisotopic (exact) mass is 246 g/mol. The lowest BCUT2D eigenvalue weighted by molar-refractivity contribution is -0.143. The van der Waals surface area contributed by atoms with E-state index in [9.17, 15) is 9.90 Å². The molecule has 6 nitrogen and oxygen atoms in total. The second-order valence-electron chi connectivity index (χ2n) is 4.18. The van der Waals surface area contributed by atoms with Gasteiger partial charge in [0.15, 0.2) is 0 Å². The lowest BCUT2D eigenvalue weighted by Gasteiger charge is -2.36. The fourth-order valence-electron chi connectivity index (χ4n) is 1.88. The minimum Gasteiger partial charge on any atom is -0.394 e. The average molecular weight is 246 g/mol. The van der Waals surface area contributed by atoms with E-state index in [2.05, 4.69) is 0 Å². The predicted octanol–water partition coefficient (Wildman–Crippen LogP) is -1.04. The van der Waals surface area contributed by atoms with E-state index in [0.717, 1.165) is 6.42 Å². The van der Waals surface area contributed by atoms with Gasteiger partial charge in [0.1, 0.15) is 0 Å². The van der Waals surface area contributed by atoms with Gasteiger partial charge in [-0.15, -0.1) is 0 Å². The van der Waals surface area contributed by atoms with Gasteiger partial charge in [0.25, 0.3) is 0 Å². The summed E-state index contributed by atoms with van der Waals surface area (Å²) in [7, 11) is 1.62. The number of morpholine rings is 1. The quantitative estimate of drug-likeness (QED) is 0.585. The molecule has 0 aromatic heterocycles. The molecule has 17 heavy (non-hydrogen) atoms. The highest BCUT2D eigenvalue weighted by Crippen LogP contribution is 2.10. The van der Waals surface area contributed by atoms with Crippen molar-refractivity contribution >= 4 is 5.91 Å². The van der Waals surface area contributed by atoms with Gasteiger partial charge < -0.3 is 25.2 Å². The zero-order valence-electron chi connectivity index (χ0n) is 10.3. The van der Waals surface area contributed by atoms with Gasteiger partial charge in [-0.25, -0.2) is 0 Å². The Kier molecular flexibility index (Phi) is 6.43. The van der Waals surface area contributed by atoms with Crippen LogP contribution >= 0.6 is 0 Å². The summed E-state index contributed by atoms with van der Waals surface area (Å²) in [6, 6.07) is -0.776. The van der Waals surface area contributed by atoms with Crippen molar-refractivity contribution in [1.29, 1.82) is 0 Å². The summed E-state index contributed by atoms with van der Waals surface area (Å²) in [5, 5.41) is 9.17. The topological polar surface area (TPSA) is 85.0 Å². The second-order valence-corrected chi connectivity index (χ2v) is 4.18. The molecule has 0 saturated carbocycles. The van der Waals surface area contributed by atoms with Crippen LogP contribution in [0.25, 0.3) is 0 Å². The number of hydrogen-bond acceptors (Lipinski definition) is 5. The molecule has 1 saturated heterocycles. The fourth-order valence-corrected chi connectivity index (χ4v) is 1.88. The summed E-state index contributed by atoms with van der Waals surface area (Å²) in [5.74, 6) is -0.108. The highest BCUT2D eigenvalue weighted by atomic mass is 16.5. The maximum absolute atomic E-state index is 12.1. The van der Waals surface area contributed by atoms with Gasteiger partial charge in [-0.3, -0.25) is 4.79 Å². The van der Waals surface area contributed by atoms with E-state index >= 15 is 0 Å². The molecule has 2 atom stereocenters. The van der Waals surface area contributed by atoms with Crippen molar-refractivity contribution in [3.05, 3.63) is 0 Å². The van der Waals surface area contributed by atoms with Crippen LogP contribution in [0.5, 0.6) is 0 Å². The molecule has 2 unspecified atom stereocenters. The molecule has 1 rings (SSSR count). The number of amides is 1. The van der Waals surface area contributed by atoms with E-state index in [-0.39, 0.29) is 18.6 Å². The van der Waals surface area contributed by atoms with E-state index in [1.807, 2.05) is 0 Å². The molecule has 0 aromatic carbocycles. The Hall–Kier alpha value is -0.690. The van der Waals surface area contributed by atoms with E-state index in [0.29, 0.717) is 32.8 Å². The van der Waals surface area contributed by atoms with Crippen LogP contribution in [0.4, 0.5) is 0 Å². The molecular formula is C11H22N2O4. The van der Waals surface area contributed by atoms with E-state index in [1.165, 1.54) is 0 Å². The van der Waals surface area contributed by atoms with Crippen LogP contribution in [0.1, 0.15) is 12.8 Å². The van der Waals surface area contributed by atoms with Crippen LogP contribution in [0.3, 0.4) is 0 Å². The number of nitrogens with two attached hydrogens (primary N) is 1. The van der Waals surface area contributed by atoms with E-state index < -0.39 is 6.04 Å². The summed E-state index contributed by atoms with van der Waals surface area (Å²) >= 11 is 0. The zero-order valence-corrected chi connectivity index (χ0v) is 10.3. The van der Waals surface area contributed by atoms with Gasteiger partial charge in [-0.1, -0.05) is 0 Å². The maximum atomic E-state index is 12.1. The van der Waals surface area contributed by atoms with Crippen molar-refractivity contribution in [2.45, 2.75) is 24.9 Å². The highest BCUT2D eigenvalue weighted by molar-refractivity contribution is 5.82. The first-order valence-corrected chi connectivity index (χ1v) is 5.94. The number of aliphatic hydroxyl groups excluding tert-OH is 1. The first-order chi connectivity index (χ1) is 8.20. The maximum Gasteiger partial charge on any atom is 0.239 e. The number of aliphatic hydroxyl groups is 1. The molecular weight excluding hydrogens is 224 g/mol. The van der Waals surface area contributed by atoms with Crippen LogP contribution in [0.15, 0.2) is 0 Å². The van der Waals surface area contributed by atoms with Gasteiger partial charge in [-0.05, 0) is 12.8 Å². The van der Waals surface area contributed by atoms with Crippen LogP contribution in [0.2, 0.25) is 0 Å². The molecule has 0 bridgehead atoms. The number of methoxy groups -OCH3 is 1. The van der Waals surface area contributed by atoms with Gasteiger partial charge in [-0.2, -0.15) is 0 Å². The third-order valence-electron chi connectivity index (χ3n) is 2.90. The normalized spacial score (nSPS) is 22.5. The number of carbonyl (C=O) groups excluding carboxylic acids is 1. The molecule has 0 spiro atoms. The van der Waals surface area contributed by atoms with Crippen molar-refractivity contribution in [1.82, 2.24) is 4.90 Å². The van der Waals surface area contributed by atoms with Crippen molar-refractivity contribution in [2.75, 3.05) is 40.1 Å². The molecule has 100 valence electrons. The third kappa shape index (κ3) is 4.23. The number of ether oxygens (including phenoxy) is 2. The number of nitrogens with zero attached hydrogens (tertiary/aromatic N) is 1. The van der Waals surface area contributed by atoms with Crippen molar-refractivity contribution in [2.24, 2.45) is 5.73 Å². The van der Waals surface area contributed by atoms with Crippen LogP contribution in [-0.4, -0.2) is 68.1 Å². The Morgan fingerprint density at radius 1 is 1.71 bits per heavy atom. The van der Waals surface area contributed by atoms with Crippen molar-refractivity contribution in [3.63, 3.8) is 0 Å². The summed E-state index contributed by atoms with van der Waals surface area (Å²) in [6.45, 7) is 1.91. The summed E-state index contributed by atoms with van der Waals surface area (Å²) in [5.41, 5.74) is 5.84. The molecule has 0 aromatic rings. The van der Waals surface area contributed by atoms with Gasteiger partial charge in [0.05, 0.1) is 31.9 Å². The average Bonchev–Trinajstić information content (AvgIpc) is 2.38.